The van der Waals surface area contributed by atoms with Gasteiger partial charge in [0.2, 0.25) is 0 Å². The molecule has 1 aliphatic rings. The van der Waals surface area contributed by atoms with E-state index in [1.807, 2.05) is 18.2 Å². The second-order valence-electron chi connectivity index (χ2n) is 5.72. The maximum absolute atomic E-state index is 12.2. The van der Waals surface area contributed by atoms with Crippen LogP contribution in [0.5, 0.6) is 5.75 Å². The average molecular weight is 315 g/mol. The Labute approximate surface area is 135 Å². The molecule has 122 valence electrons. The standard InChI is InChI=1S/C18H21NO4/c1-21-12-15-6-7-17(23-15)18(20)19-11-13-8-9-22-16-5-3-2-4-14(16)10-13/h2-7,13H,8-12H2,1H3,(H,19,20)/t13-/m0/s1. The molecular weight excluding hydrogens is 294 g/mol. The van der Waals surface area contributed by atoms with Gasteiger partial charge >= 0.3 is 0 Å². The largest absolute Gasteiger partial charge is 0.493 e. The molecule has 0 spiro atoms. The van der Waals surface area contributed by atoms with E-state index in [2.05, 4.69) is 11.4 Å². The molecule has 3 rings (SSSR count). The summed E-state index contributed by atoms with van der Waals surface area (Å²) >= 11 is 0. The molecule has 0 bridgehead atoms. The molecule has 0 unspecified atom stereocenters. The molecule has 5 nitrogen and oxygen atoms in total. The third-order valence-electron chi connectivity index (χ3n) is 3.99. The number of amides is 1. The van der Waals surface area contributed by atoms with Gasteiger partial charge in [-0.3, -0.25) is 4.79 Å². The number of hydrogen-bond acceptors (Lipinski definition) is 4. The molecule has 1 N–H and O–H groups in total. The third kappa shape index (κ3) is 3.93. The van der Waals surface area contributed by atoms with E-state index in [0.717, 1.165) is 18.6 Å². The van der Waals surface area contributed by atoms with Crippen LogP contribution in [-0.4, -0.2) is 26.2 Å². The first-order valence-corrected chi connectivity index (χ1v) is 7.83. The number of hydrogen-bond donors (Lipinski definition) is 1. The van der Waals surface area contributed by atoms with E-state index in [1.54, 1.807) is 19.2 Å². The molecule has 0 saturated carbocycles. The fraction of sp³-hybridized carbons (Fsp3) is 0.389. The van der Waals surface area contributed by atoms with Crippen molar-refractivity contribution < 1.29 is 18.7 Å². The van der Waals surface area contributed by atoms with Crippen LogP contribution in [0.2, 0.25) is 0 Å². The third-order valence-corrected chi connectivity index (χ3v) is 3.99. The Morgan fingerprint density at radius 1 is 1.30 bits per heavy atom. The Morgan fingerprint density at radius 3 is 3.04 bits per heavy atom. The average Bonchev–Trinajstić information content (AvgIpc) is 2.92. The van der Waals surface area contributed by atoms with Crippen molar-refractivity contribution in [3.8, 4) is 5.75 Å². The summed E-state index contributed by atoms with van der Waals surface area (Å²) < 4.78 is 16.2. The SMILES string of the molecule is COCc1ccc(C(=O)NC[C@H]2CCOc3ccccc3C2)o1. The summed E-state index contributed by atoms with van der Waals surface area (Å²) in [5.74, 6) is 2.09. The molecule has 1 amide bonds. The zero-order valence-corrected chi connectivity index (χ0v) is 13.2. The van der Waals surface area contributed by atoms with Crippen molar-refractivity contribution in [1.29, 1.82) is 0 Å². The predicted molar refractivity (Wildman–Crippen MR) is 85.5 cm³/mol. The fourth-order valence-corrected chi connectivity index (χ4v) is 2.78. The van der Waals surface area contributed by atoms with Gasteiger partial charge in [-0.05, 0) is 42.5 Å². The molecule has 1 aliphatic heterocycles. The van der Waals surface area contributed by atoms with Crippen molar-refractivity contribution in [2.24, 2.45) is 5.92 Å². The van der Waals surface area contributed by atoms with Crippen LogP contribution in [0, 0.1) is 5.92 Å². The van der Waals surface area contributed by atoms with E-state index >= 15 is 0 Å². The molecule has 2 aromatic rings. The molecule has 1 aromatic heterocycles. The monoisotopic (exact) mass is 315 g/mol. The molecule has 2 heterocycles. The van der Waals surface area contributed by atoms with Gasteiger partial charge in [0, 0.05) is 13.7 Å². The minimum Gasteiger partial charge on any atom is -0.493 e. The Kier molecular flexibility index (Phi) is 4.98. The molecule has 1 atom stereocenters. The molecule has 1 aromatic carbocycles. The number of carbonyl (C=O) groups excluding carboxylic acids is 1. The Bertz CT molecular complexity index is 665. The van der Waals surface area contributed by atoms with Crippen LogP contribution < -0.4 is 10.1 Å². The quantitative estimate of drug-likeness (QED) is 0.921. The normalized spacial score (nSPS) is 17.0. The summed E-state index contributed by atoms with van der Waals surface area (Å²) in [5.41, 5.74) is 1.20. The molecule has 0 fully saturated rings. The summed E-state index contributed by atoms with van der Waals surface area (Å²) in [5, 5.41) is 2.95. The van der Waals surface area contributed by atoms with Gasteiger partial charge in [-0.1, -0.05) is 18.2 Å². The summed E-state index contributed by atoms with van der Waals surface area (Å²) in [7, 11) is 1.59. The minimum absolute atomic E-state index is 0.189. The Hall–Kier alpha value is -2.27. The van der Waals surface area contributed by atoms with E-state index in [-0.39, 0.29) is 5.91 Å². The summed E-state index contributed by atoms with van der Waals surface area (Å²) in [6.07, 6.45) is 1.82. The van der Waals surface area contributed by atoms with Crippen LogP contribution in [0.1, 0.15) is 28.3 Å². The van der Waals surface area contributed by atoms with Crippen LogP contribution in [0.4, 0.5) is 0 Å². The first kappa shape index (κ1) is 15.6. The molecule has 0 aliphatic carbocycles. The van der Waals surface area contributed by atoms with Gasteiger partial charge in [-0.25, -0.2) is 0 Å². The first-order chi connectivity index (χ1) is 11.3. The maximum Gasteiger partial charge on any atom is 0.287 e. The number of benzene rings is 1. The van der Waals surface area contributed by atoms with Crippen molar-refractivity contribution in [3.05, 3.63) is 53.5 Å². The van der Waals surface area contributed by atoms with E-state index < -0.39 is 0 Å². The zero-order chi connectivity index (χ0) is 16.1. The number of fused-ring (bicyclic) bond motifs is 1. The Morgan fingerprint density at radius 2 is 2.17 bits per heavy atom. The highest BCUT2D eigenvalue weighted by molar-refractivity contribution is 5.91. The van der Waals surface area contributed by atoms with Gasteiger partial charge in [0.25, 0.3) is 5.91 Å². The van der Waals surface area contributed by atoms with Gasteiger partial charge in [0.15, 0.2) is 5.76 Å². The first-order valence-electron chi connectivity index (χ1n) is 7.83. The highest BCUT2D eigenvalue weighted by atomic mass is 16.5. The highest BCUT2D eigenvalue weighted by Crippen LogP contribution is 2.26. The number of nitrogens with one attached hydrogen (secondary N) is 1. The number of ether oxygens (including phenoxy) is 2. The topological polar surface area (TPSA) is 60.7 Å². The number of para-hydroxylation sites is 1. The lowest BCUT2D eigenvalue weighted by molar-refractivity contribution is 0.0909. The molecule has 0 saturated heterocycles. The predicted octanol–water partition coefficient (Wildman–Crippen LogP) is 2.80. The second kappa shape index (κ2) is 7.33. The van der Waals surface area contributed by atoms with Crippen LogP contribution >= 0.6 is 0 Å². The lowest BCUT2D eigenvalue weighted by Crippen LogP contribution is -2.30. The van der Waals surface area contributed by atoms with Gasteiger partial charge in [0.1, 0.15) is 18.1 Å². The smallest absolute Gasteiger partial charge is 0.287 e. The van der Waals surface area contributed by atoms with Crippen LogP contribution in [0.15, 0.2) is 40.8 Å². The molecular formula is C18H21NO4. The molecule has 5 heteroatoms. The lowest BCUT2D eigenvalue weighted by atomic mass is 9.97. The van der Waals surface area contributed by atoms with E-state index in [1.165, 1.54) is 5.56 Å². The zero-order valence-electron chi connectivity index (χ0n) is 13.2. The Balaban J connectivity index is 1.56. The van der Waals surface area contributed by atoms with Crippen molar-refractivity contribution in [2.75, 3.05) is 20.3 Å². The van der Waals surface area contributed by atoms with E-state index in [9.17, 15) is 4.79 Å². The summed E-state index contributed by atoms with van der Waals surface area (Å²) in [6.45, 7) is 1.65. The van der Waals surface area contributed by atoms with Crippen molar-refractivity contribution in [3.63, 3.8) is 0 Å². The molecule has 23 heavy (non-hydrogen) atoms. The van der Waals surface area contributed by atoms with Gasteiger partial charge in [-0.15, -0.1) is 0 Å². The number of methoxy groups -OCH3 is 1. The van der Waals surface area contributed by atoms with Crippen LogP contribution in [-0.2, 0) is 17.8 Å². The van der Waals surface area contributed by atoms with Crippen molar-refractivity contribution in [2.45, 2.75) is 19.4 Å². The van der Waals surface area contributed by atoms with Crippen molar-refractivity contribution >= 4 is 5.91 Å². The summed E-state index contributed by atoms with van der Waals surface area (Å²) in [6, 6.07) is 11.5. The highest BCUT2D eigenvalue weighted by Gasteiger charge is 2.19. The summed E-state index contributed by atoms with van der Waals surface area (Å²) in [4.78, 5) is 12.2. The van der Waals surface area contributed by atoms with Gasteiger partial charge < -0.3 is 19.2 Å². The number of carbonyl (C=O) groups is 1. The van der Waals surface area contributed by atoms with Crippen LogP contribution in [0.3, 0.4) is 0 Å². The molecule has 0 radical (unpaired) electrons. The van der Waals surface area contributed by atoms with Gasteiger partial charge in [0.05, 0.1) is 6.61 Å². The maximum atomic E-state index is 12.2. The van der Waals surface area contributed by atoms with Crippen molar-refractivity contribution in [1.82, 2.24) is 5.32 Å². The minimum atomic E-state index is -0.189. The van der Waals surface area contributed by atoms with E-state index in [0.29, 0.717) is 37.2 Å². The number of rotatable bonds is 5. The lowest BCUT2D eigenvalue weighted by Gasteiger charge is -2.14. The van der Waals surface area contributed by atoms with E-state index in [4.69, 9.17) is 13.9 Å². The number of furan rings is 1. The van der Waals surface area contributed by atoms with Crippen LogP contribution in [0.25, 0.3) is 0 Å². The fourth-order valence-electron chi connectivity index (χ4n) is 2.78. The van der Waals surface area contributed by atoms with Gasteiger partial charge in [-0.2, -0.15) is 0 Å². The second-order valence-corrected chi connectivity index (χ2v) is 5.72.